The van der Waals surface area contributed by atoms with E-state index in [2.05, 4.69) is 33.2 Å². The first kappa shape index (κ1) is 13.3. The third kappa shape index (κ3) is 2.21. The fourth-order valence-electron chi connectivity index (χ4n) is 2.15. The number of anilines is 1. The summed E-state index contributed by atoms with van der Waals surface area (Å²) in [7, 11) is 1.86. The summed E-state index contributed by atoms with van der Waals surface area (Å²) in [5, 5.41) is 3.96. The molecule has 18 heavy (non-hydrogen) atoms. The Kier molecular flexibility index (Phi) is 3.85. The Hall–Kier alpha value is -1.16. The van der Waals surface area contributed by atoms with Gasteiger partial charge in [0.05, 0.1) is 9.99 Å². The summed E-state index contributed by atoms with van der Waals surface area (Å²) in [6, 6.07) is 3.54. The van der Waals surface area contributed by atoms with Crippen molar-refractivity contribution < 1.29 is 4.39 Å². The van der Waals surface area contributed by atoms with Crippen LogP contribution in [0.3, 0.4) is 0 Å². The van der Waals surface area contributed by atoms with Gasteiger partial charge in [0.2, 0.25) is 0 Å². The van der Waals surface area contributed by atoms with Gasteiger partial charge in [-0.15, -0.1) is 0 Å². The van der Waals surface area contributed by atoms with Gasteiger partial charge in [-0.1, -0.05) is 13.3 Å². The summed E-state index contributed by atoms with van der Waals surface area (Å²) < 4.78 is 14.2. The summed E-state index contributed by atoms with van der Waals surface area (Å²) in [6.07, 6.45) is 1.97. The minimum atomic E-state index is -0.235. The second-order valence-electron chi connectivity index (χ2n) is 4.38. The van der Waals surface area contributed by atoms with E-state index in [-0.39, 0.29) is 5.82 Å². The second-order valence-corrected chi connectivity index (χ2v) is 5.17. The summed E-state index contributed by atoms with van der Waals surface area (Å²) in [4.78, 5) is 4.61. The number of aryl methyl sites for hydroxylation is 2. The van der Waals surface area contributed by atoms with Crippen LogP contribution in [0.25, 0.3) is 10.9 Å². The maximum absolute atomic E-state index is 13.7. The largest absolute Gasteiger partial charge is 0.373 e. The molecule has 4 heteroatoms. The van der Waals surface area contributed by atoms with E-state index >= 15 is 0 Å². The molecule has 0 aliphatic rings. The van der Waals surface area contributed by atoms with Crippen molar-refractivity contribution in [3.63, 3.8) is 0 Å². The van der Waals surface area contributed by atoms with E-state index in [0.29, 0.717) is 4.47 Å². The van der Waals surface area contributed by atoms with Gasteiger partial charge in [-0.3, -0.25) is 0 Å². The standard InChI is InChI=1S/C14H16BrFN2/c1-4-5-9-7-10-12(15)11(16)6-8(2)13(10)18-14(9)17-3/h6-7H,4-5H2,1-3H3,(H,17,18). The van der Waals surface area contributed by atoms with Crippen LogP contribution in [0.4, 0.5) is 10.2 Å². The molecule has 1 aromatic carbocycles. The zero-order valence-electron chi connectivity index (χ0n) is 10.8. The molecule has 0 amide bonds. The Morgan fingerprint density at radius 3 is 2.72 bits per heavy atom. The van der Waals surface area contributed by atoms with Gasteiger partial charge < -0.3 is 5.32 Å². The molecule has 1 N–H and O–H groups in total. The number of hydrogen-bond acceptors (Lipinski definition) is 2. The summed E-state index contributed by atoms with van der Waals surface area (Å²) >= 11 is 3.31. The van der Waals surface area contributed by atoms with Crippen molar-refractivity contribution in [1.29, 1.82) is 0 Å². The van der Waals surface area contributed by atoms with Crippen LogP contribution in [-0.2, 0) is 6.42 Å². The minimum absolute atomic E-state index is 0.235. The monoisotopic (exact) mass is 310 g/mol. The van der Waals surface area contributed by atoms with Crippen LogP contribution in [0.1, 0.15) is 24.5 Å². The molecule has 2 aromatic rings. The normalized spacial score (nSPS) is 10.9. The molecule has 0 radical (unpaired) electrons. The highest BCUT2D eigenvalue weighted by Crippen LogP contribution is 2.31. The molecule has 0 unspecified atom stereocenters. The average Bonchev–Trinajstić information content (AvgIpc) is 2.36. The molecule has 96 valence electrons. The van der Waals surface area contributed by atoms with Gasteiger partial charge in [-0.25, -0.2) is 9.37 Å². The average molecular weight is 311 g/mol. The maximum atomic E-state index is 13.7. The van der Waals surface area contributed by atoms with E-state index in [9.17, 15) is 4.39 Å². The lowest BCUT2D eigenvalue weighted by Gasteiger charge is -2.12. The van der Waals surface area contributed by atoms with Crippen molar-refractivity contribution in [1.82, 2.24) is 4.98 Å². The van der Waals surface area contributed by atoms with Crippen LogP contribution in [-0.4, -0.2) is 12.0 Å². The number of hydrogen-bond donors (Lipinski definition) is 1. The van der Waals surface area contributed by atoms with E-state index in [0.717, 1.165) is 40.7 Å². The van der Waals surface area contributed by atoms with E-state index in [4.69, 9.17) is 0 Å². The van der Waals surface area contributed by atoms with Gasteiger partial charge >= 0.3 is 0 Å². The number of rotatable bonds is 3. The molecular weight excluding hydrogens is 295 g/mol. The van der Waals surface area contributed by atoms with Gasteiger partial charge in [0.25, 0.3) is 0 Å². The summed E-state index contributed by atoms with van der Waals surface area (Å²) in [5.74, 6) is 0.646. The molecule has 0 fully saturated rings. The van der Waals surface area contributed by atoms with Crippen molar-refractivity contribution in [2.75, 3.05) is 12.4 Å². The number of nitrogens with one attached hydrogen (secondary N) is 1. The van der Waals surface area contributed by atoms with E-state index in [1.807, 2.05) is 20.0 Å². The fraction of sp³-hybridized carbons (Fsp3) is 0.357. The molecule has 0 aliphatic heterocycles. The van der Waals surface area contributed by atoms with Gasteiger partial charge in [0.15, 0.2) is 0 Å². The predicted molar refractivity (Wildman–Crippen MR) is 77.7 cm³/mol. The van der Waals surface area contributed by atoms with Crippen molar-refractivity contribution in [3.05, 3.63) is 33.5 Å². The number of pyridine rings is 1. The molecular formula is C14H16BrFN2. The fourth-order valence-corrected chi connectivity index (χ4v) is 2.57. The molecule has 2 nitrogen and oxygen atoms in total. The number of halogens is 2. The Bertz CT molecular complexity index is 596. The summed E-state index contributed by atoms with van der Waals surface area (Å²) in [5.41, 5.74) is 2.82. The lowest BCUT2D eigenvalue weighted by atomic mass is 10.1. The van der Waals surface area contributed by atoms with Crippen LogP contribution >= 0.6 is 15.9 Å². The first-order valence-electron chi connectivity index (χ1n) is 6.04. The number of fused-ring (bicyclic) bond motifs is 1. The smallest absolute Gasteiger partial charge is 0.138 e. The van der Waals surface area contributed by atoms with E-state index in [1.54, 1.807) is 0 Å². The number of benzene rings is 1. The third-order valence-electron chi connectivity index (χ3n) is 3.02. The lowest BCUT2D eigenvalue weighted by Crippen LogP contribution is -2.01. The Morgan fingerprint density at radius 1 is 1.39 bits per heavy atom. The minimum Gasteiger partial charge on any atom is -0.373 e. The lowest BCUT2D eigenvalue weighted by molar-refractivity contribution is 0.622. The summed E-state index contributed by atoms with van der Waals surface area (Å²) in [6.45, 7) is 4.00. The first-order valence-corrected chi connectivity index (χ1v) is 6.83. The van der Waals surface area contributed by atoms with Crippen molar-refractivity contribution in [2.45, 2.75) is 26.7 Å². The molecule has 0 atom stereocenters. The van der Waals surface area contributed by atoms with E-state index < -0.39 is 0 Å². The molecule has 0 saturated heterocycles. The predicted octanol–water partition coefficient (Wildman–Crippen LogP) is 4.44. The maximum Gasteiger partial charge on any atom is 0.138 e. The molecule has 0 aliphatic carbocycles. The van der Waals surface area contributed by atoms with Crippen molar-refractivity contribution in [3.8, 4) is 0 Å². The van der Waals surface area contributed by atoms with Crippen molar-refractivity contribution in [2.24, 2.45) is 0 Å². The van der Waals surface area contributed by atoms with Crippen molar-refractivity contribution >= 4 is 32.7 Å². The molecule has 1 heterocycles. The highest BCUT2D eigenvalue weighted by atomic mass is 79.9. The molecule has 0 saturated carbocycles. The van der Waals surface area contributed by atoms with Crippen LogP contribution in [0.2, 0.25) is 0 Å². The second kappa shape index (κ2) is 5.22. The topological polar surface area (TPSA) is 24.9 Å². The Balaban J connectivity index is 2.78. The molecule has 0 spiro atoms. The number of aromatic nitrogens is 1. The Labute approximate surface area is 115 Å². The SMILES string of the molecule is CCCc1cc2c(Br)c(F)cc(C)c2nc1NC. The zero-order valence-corrected chi connectivity index (χ0v) is 12.4. The number of nitrogens with zero attached hydrogens (tertiary/aromatic N) is 1. The molecule has 0 bridgehead atoms. The quantitative estimate of drug-likeness (QED) is 0.906. The van der Waals surface area contributed by atoms with Gasteiger partial charge in [0.1, 0.15) is 11.6 Å². The van der Waals surface area contributed by atoms with Crippen LogP contribution in [0, 0.1) is 12.7 Å². The van der Waals surface area contributed by atoms with Crippen LogP contribution in [0.5, 0.6) is 0 Å². The molecule has 2 rings (SSSR count). The van der Waals surface area contributed by atoms with Gasteiger partial charge in [-0.2, -0.15) is 0 Å². The zero-order chi connectivity index (χ0) is 13.3. The van der Waals surface area contributed by atoms with Crippen LogP contribution < -0.4 is 5.32 Å². The Morgan fingerprint density at radius 2 is 2.11 bits per heavy atom. The highest BCUT2D eigenvalue weighted by Gasteiger charge is 2.12. The van der Waals surface area contributed by atoms with E-state index in [1.165, 1.54) is 6.07 Å². The highest BCUT2D eigenvalue weighted by molar-refractivity contribution is 9.10. The van der Waals surface area contributed by atoms with Crippen LogP contribution in [0.15, 0.2) is 16.6 Å². The van der Waals surface area contributed by atoms with Gasteiger partial charge in [0, 0.05) is 12.4 Å². The molecule has 1 aromatic heterocycles. The van der Waals surface area contributed by atoms with Gasteiger partial charge in [-0.05, 0) is 52.5 Å². The first-order chi connectivity index (χ1) is 8.58. The third-order valence-corrected chi connectivity index (χ3v) is 3.83.